The Labute approximate surface area is 261 Å². The Morgan fingerprint density at radius 1 is 0.510 bits per heavy atom. The van der Waals surface area contributed by atoms with E-state index in [0.29, 0.717) is 24.3 Å². The molecule has 0 atom stereocenters. The van der Waals surface area contributed by atoms with Crippen molar-refractivity contribution in [2.24, 2.45) is 0 Å². The Bertz CT molecular complexity index is 1780. The van der Waals surface area contributed by atoms with E-state index in [1.165, 1.54) is 0 Å². The third-order valence-electron chi connectivity index (χ3n) is 6.69. The minimum Gasteiger partial charge on any atom is -0.500 e. The first-order valence-corrected chi connectivity index (χ1v) is 12.4. The molecule has 0 aliphatic heterocycles. The van der Waals surface area contributed by atoms with E-state index in [4.69, 9.17) is 0 Å². The first kappa shape index (κ1) is 35.9. The highest BCUT2D eigenvalue weighted by molar-refractivity contribution is 5.56. The fourth-order valence-corrected chi connectivity index (χ4v) is 4.51. The largest absolute Gasteiger partial charge is 0.500 e. The second kappa shape index (κ2) is 12.2. The highest BCUT2D eigenvalue weighted by atomic mass is 19.4. The molecule has 260 valence electrons. The van der Waals surface area contributed by atoms with Gasteiger partial charge in [-0.1, -0.05) is 24.3 Å². The topological polar surface area (TPSA) is 145 Å². The zero-order valence-corrected chi connectivity index (χ0v) is 22.9. The molecule has 4 aromatic carbocycles. The van der Waals surface area contributed by atoms with Crippen LogP contribution in [-0.4, -0.2) is 32.4 Å². The molecule has 0 aliphatic carbocycles. The third-order valence-corrected chi connectivity index (χ3v) is 6.69. The van der Waals surface area contributed by atoms with Gasteiger partial charge in [-0.25, -0.2) is 0 Å². The van der Waals surface area contributed by atoms with Crippen molar-refractivity contribution in [2.75, 3.05) is 0 Å². The van der Waals surface area contributed by atoms with Crippen LogP contribution in [0.2, 0.25) is 0 Å². The van der Waals surface area contributed by atoms with E-state index in [1.807, 2.05) is 0 Å². The molecule has 0 aromatic heterocycles. The number of alkyl halides is 6. The molecule has 10 nitrogen and oxygen atoms in total. The van der Waals surface area contributed by atoms with Crippen molar-refractivity contribution in [2.45, 2.75) is 17.8 Å². The molecule has 2 N–H and O–H groups in total. The molecular weight excluding hydrogens is 708 g/mol. The van der Waals surface area contributed by atoms with E-state index in [9.17, 15) is 83.1 Å². The van der Waals surface area contributed by atoms with E-state index in [0.717, 1.165) is 0 Å². The Morgan fingerprint density at radius 3 is 1.04 bits per heavy atom. The zero-order chi connectivity index (χ0) is 37.0. The summed E-state index contributed by atoms with van der Waals surface area (Å²) in [5, 5.41) is 40.6. The molecule has 0 radical (unpaired) electrons. The quantitative estimate of drug-likeness (QED) is 0.0797. The van der Waals surface area contributed by atoms with Gasteiger partial charge in [0.05, 0.1) is 9.85 Å². The van der Waals surface area contributed by atoms with Crippen LogP contribution >= 0.6 is 0 Å². The molecule has 0 aliphatic rings. The van der Waals surface area contributed by atoms with Crippen molar-refractivity contribution >= 4 is 11.4 Å². The molecule has 4 aromatic rings. The van der Waals surface area contributed by atoms with Gasteiger partial charge in [0, 0.05) is 0 Å². The van der Waals surface area contributed by atoms with Crippen molar-refractivity contribution in [1.82, 2.24) is 0 Å². The number of nitro groups is 2. The number of hydrogen-bond donors (Lipinski definition) is 2. The fourth-order valence-electron chi connectivity index (χ4n) is 4.51. The second-order valence-electron chi connectivity index (χ2n) is 9.45. The first-order valence-electron chi connectivity index (χ1n) is 12.4. The minimum atomic E-state index is -6.26. The molecule has 49 heavy (non-hydrogen) atoms. The molecule has 4 rings (SSSR count). The minimum absolute atomic E-state index is 0.116. The highest BCUT2D eigenvalue weighted by Gasteiger charge is 2.72. The van der Waals surface area contributed by atoms with Gasteiger partial charge < -0.3 is 19.7 Å². The van der Waals surface area contributed by atoms with Gasteiger partial charge in [0.1, 0.15) is 11.5 Å². The predicted molar refractivity (Wildman–Crippen MR) is 135 cm³/mol. The summed E-state index contributed by atoms with van der Waals surface area (Å²) < 4.78 is 182. The van der Waals surface area contributed by atoms with Crippen LogP contribution < -0.4 is 9.47 Å². The SMILES string of the molecule is O=[N+]([O-])c1c(O)c(F)c(Oc2ccc(C(c3ccc(Oc4c(F)c(O)c([N+](=O)[O-])c(F)c4F)cc3)(C(F)(F)F)C(F)(F)F)cc2)c(F)c1F. The summed E-state index contributed by atoms with van der Waals surface area (Å²) in [5.41, 5.74) is -12.3. The molecule has 0 unspecified atom stereocenters. The molecule has 0 bridgehead atoms. The number of halogens is 12. The number of phenols is 2. The normalized spacial score (nSPS) is 12.2. The molecule has 0 heterocycles. The van der Waals surface area contributed by atoms with E-state index in [2.05, 4.69) is 9.47 Å². The van der Waals surface area contributed by atoms with Gasteiger partial charge in [-0.2, -0.15) is 52.7 Å². The molecule has 0 saturated carbocycles. The van der Waals surface area contributed by atoms with Crippen molar-refractivity contribution in [3.63, 3.8) is 0 Å². The highest BCUT2D eigenvalue weighted by Crippen LogP contribution is 2.57. The summed E-state index contributed by atoms with van der Waals surface area (Å²) >= 11 is 0. The lowest BCUT2D eigenvalue weighted by molar-refractivity contribution is -0.389. The smallest absolute Gasteiger partial charge is 0.411 e. The van der Waals surface area contributed by atoms with Crippen LogP contribution in [0.15, 0.2) is 48.5 Å². The second-order valence-corrected chi connectivity index (χ2v) is 9.45. The Balaban J connectivity index is 1.78. The van der Waals surface area contributed by atoms with Gasteiger partial charge in [0.15, 0.2) is 0 Å². The van der Waals surface area contributed by atoms with E-state index < -0.39 is 120 Å². The van der Waals surface area contributed by atoms with E-state index >= 15 is 0 Å². The average molecular weight is 718 g/mol. The van der Waals surface area contributed by atoms with Gasteiger partial charge in [0.25, 0.3) is 0 Å². The molecule has 0 amide bonds. The maximum Gasteiger partial charge on any atom is 0.411 e. The molecule has 0 spiro atoms. The Kier molecular flexibility index (Phi) is 8.97. The van der Waals surface area contributed by atoms with Crippen molar-refractivity contribution in [3.8, 4) is 34.5 Å². The maximum absolute atomic E-state index is 14.5. The van der Waals surface area contributed by atoms with Crippen LogP contribution in [0.1, 0.15) is 11.1 Å². The number of ether oxygens (including phenoxy) is 2. The number of nitrogens with zero attached hydrogens (tertiary/aromatic N) is 2. The van der Waals surface area contributed by atoms with Crippen molar-refractivity contribution in [1.29, 1.82) is 0 Å². The molecule has 22 heteroatoms. The first-order chi connectivity index (χ1) is 22.6. The van der Waals surface area contributed by atoms with Crippen LogP contribution in [0.25, 0.3) is 0 Å². The monoisotopic (exact) mass is 718 g/mol. The molecule has 0 saturated heterocycles. The van der Waals surface area contributed by atoms with Gasteiger partial charge in [0.2, 0.25) is 63.3 Å². The van der Waals surface area contributed by atoms with Crippen molar-refractivity contribution < 1.29 is 82.2 Å². The summed E-state index contributed by atoms with van der Waals surface area (Å²) in [7, 11) is 0. The number of phenolic OH excluding ortho intramolecular Hbond substituents is 2. The number of hydrogen-bond acceptors (Lipinski definition) is 8. The Morgan fingerprint density at radius 2 is 0.796 bits per heavy atom. The average Bonchev–Trinajstić information content (AvgIpc) is 2.99. The van der Waals surface area contributed by atoms with Crippen LogP contribution in [0.4, 0.5) is 64.1 Å². The van der Waals surface area contributed by atoms with E-state index in [-0.39, 0.29) is 24.3 Å². The molecule has 0 fully saturated rings. The summed E-state index contributed by atoms with van der Waals surface area (Å²) in [5.74, 6) is -23.8. The number of aromatic hydroxyl groups is 2. The lowest BCUT2D eigenvalue weighted by atomic mass is 9.73. The van der Waals surface area contributed by atoms with Crippen molar-refractivity contribution in [3.05, 3.63) is 115 Å². The summed E-state index contributed by atoms with van der Waals surface area (Å²) in [6.07, 6.45) is -12.5. The fraction of sp³-hybridized carbons (Fsp3) is 0.111. The summed E-state index contributed by atoms with van der Waals surface area (Å²) in [6.45, 7) is 0. The number of rotatable bonds is 8. The van der Waals surface area contributed by atoms with Gasteiger partial charge in [-0.05, 0) is 35.4 Å². The zero-order valence-electron chi connectivity index (χ0n) is 22.9. The molecular formula is C27H10F12N2O8. The summed E-state index contributed by atoms with van der Waals surface area (Å²) in [6, 6.07) is 1.67. The lowest BCUT2D eigenvalue weighted by Crippen LogP contribution is -2.54. The van der Waals surface area contributed by atoms with Crippen LogP contribution in [0.5, 0.6) is 34.5 Å². The number of nitro benzene ring substituents is 2. The third kappa shape index (κ3) is 5.77. The lowest BCUT2D eigenvalue weighted by Gasteiger charge is -2.38. The summed E-state index contributed by atoms with van der Waals surface area (Å²) in [4.78, 5) is 18.2. The Hall–Kier alpha value is -5.96. The van der Waals surface area contributed by atoms with E-state index in [1.54, 1.807) is 0 Å². The maximum atomic E-state index is 14.5. The standard InChI is InChI=1S/C27H10F12N2O8/c28-13-15(30)23(17(32)21(42)19(13)40(44)45)48-11-5-1-9(2-6-11)25(26(34,35)36,27(37,38)39)10-3-7-12(8-4-10)49-24-16(31)14(29)20(41(46)47)22(43)18(24)33/h1-8,42-43H. The number of benzene rings is 4. The van der Waals surface area contributed by atoms with Gasteiger partial charge in [-0.3, -0.25) is 20.2 Å². The van der Waals surface area contributed by atoms with Gasteiger partial charge in [-0.15, -0.1) is 0 Å². The van der Waals surface area contributed by atoms with Crippen LogP contribution in [0.3, 0.4) is 0 Å². The van der Waals surface area contributed by atoms with Crippen LogP contribution in [-0.2, 0) is 5.41 Å². The van der Waals surface area contributed by atoms with Gasteiger partial charge >= 0.3 is 23.7 Å². The van der Waals surface area contributed by atoms with Crippen LogP contribution in [0, 0.1) is 55.1 Å². The predicted octanol–water partition coefficient (Wildman–Crippen LogP) is 8.74.